The number of hydrogen-bond donors (Lipinski definition) is 3. The SMILES string of the molecule is CN(CCCOCC(O)CN)CC(O)COc1ccc(Br)cc1Br. The molecule has 1 aromatic rings. The van der Waals surface area contributed by atoms with E-state index in [0.29, 0.717) is 18.9 Å². The predicted molar refractivity (Wildman–Crippen MR) is 101 cm³/mol. The highest BCUT2D eigenvalue weighted by Gasteiger charge is 2.10. The van der Waals surface area contributed by atoms with Gasteiger partial charge in [0, 0.05) is 30.7 Å². The summed E-state index contributed by atoms with van der Waals surface area (Å²) in [6, 6.07) is 5.63. The third kappa shape index (κ3) is 9.31. The van der Waals surface area contributed by atoms with Gasteiger partial charge in [-0.15, -0.1) is 0 Å². The molecule has 6 nitrogen and oxygen atoms in total. The number of ether oxygens (including phenoxy) is 2. The molecule has 0 aliphatic rings. The monoisotopic (exact) mass is 468 g/mol. The lowest BCUT2D eigenvalue weighted by Gasteiger charge is -2.21. The van der Waals surface area contributed by atoms with Gasteiger partial charge in [-0.2, -0.15) is 0 Å². The molecule has 0 saturated carbocycles. The van der Waals surface area contributed by atoms with Crippen LogP contribution in [0.2, 0.25) is 0 Å². The predicted octanol–water partition coefficient (Wildman–Crippen LogP) is 1.61. The zero-order chi connectivity index (χ0) is 17.9. The van der Waals surface area contributed by atoms with Gasteiger partial charge in [-0.25, -0.2) is 0 Å². The summed E-state index contributed by atoms with van der Waals surface area (Å²) in [6.07, 6.45) is -0.357. The van der Waals surface area contributed by atoms with E-state index >= 15 is 0 Å². The van der Waals surface area contributed by atoms with Crippen molar-refractivity contribution in [2.45, 2.75) is 18.6 Å². The lowest BCUT2D eigenvalue weighted by molar-refractivity contribution is 0.0346. The Hall–Kier alpha value is -0.220. The summed E-state index contributed by atoms with van der Waals surface area (Å²) in [6.45, 7) is 2.56. The van der Waals surface area contributed by atoms with Crippen LogP contribution < -0.4 is 10.5 Å². The minimum atomic E-state index is -0.598. The number of likely N-dealkylation sites (N-methyl/N-ethyl adjacent to an activating group) is 1. The number of benzene rings is 1. The van der Waals surface area contributed by atoms with Crippen molar-refractivity contribution in [2.75, 3.05) is 46.5 Å². The molecule has 24 heavy (non-hydrogen) atoms. The van der Waals surface area contributed by atoms with Crippen LogP contribution in [-0.4, -0.2) is 73.8 Å². The Morgan fingerprint density at radius 1 is 1.21 bits per heavy atom. The van der Waals surface area contributed by atoms with Gasteiger partial charge in [0.15, 0.2) is 0 Å². The van der Waals surface area contributed by atoms with Crippen LogP contribution in [0.4, 0.5) is 0 Å². The molecule has 0 heterocycles. The summed E-state index contributed by atoms with van der Waals surface area (Å²) in [4.78, 5) is 2.02. The fourth-order valence-corrected chi connectivity index (χ4v) is 3.17. The molecular formula is C16H26Br2N2O4. The highest BCUT2D eigenvalue weighted by molar-refractivity contribution is 9.11. The van der Waals surface area contributed by atoms with E-state index in [4.69, 9.17) is 15.2 Å². The van der Waals surface area contributed by atoms with Crippen molar-refractivity contribution in [3.63, 3.8) is 0 Å². The minimum Gasteiger partial charge on any atom is -0.490 e. The number of halogens is 2. The third-order valence-corrected chi connectivity index (χ3v) is 4.37. The van der Waals surface area contributed by atoms with Gasteiger partial charge in [0.1, 0.15) is 18.5 Å². The number of aliphatic hydroxyl groups excluding tert-OH is 2. The molecule has 0 amide bonds. The fourth-order valence-electron chi connectivity index (χ4n) is 2.01. The van der Waals surface area contributed by atoms with Crippen molar-refractivity contribution < 1.29 is 19.7 Å². The molecule has 8 heteroatoms. The van der Waals surface area contributed by atoms with Gasteiger partial charge in [-0.3, -0.25) is 0 Å². The van der Waals surface area contributed by atoms with Gasteiger partial charge in [0.25, 0.3) is 0 Å². The molecule has 0 bridgehead atoms. The molecule has 4 N–H and O–H groups in total. The van der Waals surface area contributed by atoms with Crippen molar-refractivity contribution in [3.05, 3.63) is 27.1 Å². The maximum absolute atomic E-state index is 10.1. The van der Waals surface area contributed by atoms with Crippen LogP contribution in [0.3, 0.4) is 0 Å². The maximum Gasteiger partial charge on any atom is 0.133 e. The van der Waals surface area contributed by atoms with Gasteiger partial charge in [-0.05, 0) is 47.6 Å². The van der Waals surface area contributed by atoms with Gasteiger partial charge in [-0.1, -0.05) is 15.9 Å². The molecular weight excluding hydrogens is 444 g/mol. The summed E-state index contributed by atoms with van der Waals surface area (Å²) in [5, 5.41) is 19.3. The van der Waals surface area contributed by atoms with E-state index in [-0.39, 0.29) is 19.8 Å². The molecule has 0 spiro atoms. The summed E-state index contributed by atoms with van der Waals surface area (Å²) in [7, 11) is 1.94. The average molecular weight is 470 g/mol. The maximum atomic E-state index is 10.1. The lowest BCUT2D eigenvalue weighted by Crippen LogP contribution is -2.34. The molecule has 0 saturated heterocycles. The van der Waals surface area contributed by atoms with Gasteiger partial charge < -0.3 is 30.3 Å². The fraction of sp³-hybridized carbons (Fsp3) is 0.625. The van der Waals surface area contributed by atoms with E-state index in [2.05, 4.69) is 31.9 Å². The zero-order valence-electron chi connectivity index (χ0n) is 13.8. The largest absolute Gasteiger partial charge is 0.490 e. The highest BCUT2D eigenvalue weighted by atomic mass is 79.9. The standard InChI is InChI=1S/C16H26Br2N2O4/c1-20(5-2-6-23-10-13(21)8-19)9-14(22)11-24-16-4-3-12(17)7-15(16)18/h3-4,7,13-14,21-22H,2,5-6,8-11,19H2,1H3. The van der Waals surface area contributed by atoms with E-state index in [1.54, 1.807) is 0 Å². The van der Waals surface area contributed by atoms with Crippen molar-refractivity contribution in [1.82, 2.24) is 4.90 Å². The van der Waals surface area contributed by atoms with Crippen LogP contribution in [0, 0.1) is 0 Å². The molecule has 0 aliphatic carbocycles. The Morgan fingerprint density at radius 2 is 1.96 bits per heavy atom. The Morgan fingerprint density at radius 3 is 2.62 bits per heavy atom. The Labute approximate surface area is 160 Å². The number of nitrogens with two attached hydrogens (primary N) is 1. The second-order valence-corrected chi connectivity index (χ2v) is 7.39. The molecule has 0 radical (unpaired) electrons. The van der Waals surface area contributed by atoms with Crippen LogP contribution in [0.1, 0.15) is 6.42 Å². The lowest BCUT2D eigenvalue weighted by atomic mass is 10.3. The number of aliphatic hydroxyl groups is 2. The van der Waals surface area contributed by atoms with Gasteiger partial charge in [0.05, 0.1) is 17.2 Å². The first-order valence-electron chi connectivity index (χ1n) is 7.82. The molecule has 1 aromatic carbocycles. The van der Waals surface area contributed by atoms with Crippen LogP contribution in [0.5, 0.6) is 5.75 Å². The first-order valence-corrected chi connectivity index (χ1v) is 9.41. The number of nitrogens with zero attached hydrogens (tertiary/aromatic N) is 1. The number of rotatable bonds is 12. The van der Waals surface area contributed by atoms with Crippen molar-refractivity contribution in [1.29, 1.82) is 0 Å². The van der Waals surface area contributed by atoms with Crippen molar-refractivity contribution in [3.8, 4) is 5.75 Å². The second-order valence-electron chi connectivity index (χ2n) is 5.62. The summed E-state index contributed by atoms with van der Waals surface area (Å²) < 4.78 is 12.7. The normalized spacial score (nSPS) is 14.0. The zero-order valence-corrected chi connectivity index (χ0v) is 17.0. The quantitative estimate of drug-likeness (QED) is 0.403. The van der Waals surface area contributed by atoms with Gasteiger partial charge >= 0.3 is 0 Å². The molecule has 1 rings (SSSR count). The smallest absolute Gasteiger partial charge is 0.133 e. The summed E-state index contributed by atoms with van der Waals surface area (Å²) in [5.41, 5.74) is 5.29. The van der Waals surface area contributed by atoms with E-state index in [0.717, 1.165) is 21.9 Å². The van der Waals surface area contributed by atoms with E-state index in [9.17, 15) is 10.2 Å². The van der Waals surface area contributed by atoms with Crippen molar-refractivity contribution in [2.24, 2.45) is 5.73 Å². The van der Waals surface area contributed by atoms with E-state index in [1.807, 2.05) is 30.1 Å². The second kappa shape index (κ2) is 12.2. The molecule has 0 aromatic heterocycles. The van der Waals surface area contributed by atoms with Crippen LogP contribution in [0.25, 0.3) is 0 Å². The van der Waals surface area contributed by atoms with Gasteiger partial charge in [0.2, 0.25) is 0 Å². The molecule has 2 atom stereocenters. The first-order chi connectivity index (χ1) is 11.4. The summed E-state index contributed by atoms with van der Waals surface area (Å²) >= 11 is 6.81. The Kier molecular flexibility index (Phi) is 11.1. The van der Waals surface area contributed by atoms with E-state index in [1.165, 1.54) is 0 Å². The summed E-state index contributed by atoms with van der Waals surface area (Å²) in [5.74, 6) is 0.701. The number of hydrogen-bond acceptors (Lipinski definition) is 6. The minimum absolute atomic E-state index is 0.209. The van der Waals surface area contributed by atoms with Crippen LogP contribution >= 0.6 is 31.9 Å². The molecule has 138 valence electrons. The van der Waals surface area contributed by atoms with Crippen molar-refractivity contribution >= 4 is 31.9 Å². The first kappa shape index (κ1) is 21.8. The average Bonchev–Trinajstić information content (AvgIpc) is 2.53. The van der Waals surface area contributed by atoms with E-state index < -0.39 is 12.2 Å². The third-order valence-electron chi connectivity index (χ3n) is 3.26. The molecule has 2 unspecified atom stereocenters. The van der Waals surface area contributed by atoms with Crippen LogP contribution in [0.15, 0.2) is 27.1 Å². The Balaban J connectivity index is 2.16. The Bertz CT molecular complexity index is 479. The highest BCUT2D eigenvalue weighted by Crippen LogP contribution is 2.28. The topological polar surface area (TPSA) is 88.2 Å². The molecule has 0 fully saturated rings. The van der Waals surface area contributed by atoms with Crippen LogP contribution in [-0.2, 0) is 4.74 Å². The molecule has 0 aliphatic heterocycles.